The zero-order valence-corrected chi connectivity index (χ0v) is 13.0. The summed E-state index contributed by atoms with van der Waals surface area (Å²) in [6.07, 6.45) is 6.23. The molecule has 100 valence electrons. The SMILES string of the molecule is C[N@+]1(CCc2ccccc2)SC(=S)C2=C1CCCC2. The molecular formula is C16H20NS2+. The molecule has 1 atom stereocenters. The summed E-state index contributed by atoms with van der Waals surface area (Å²) in [5.41, 5.74) is 4.54. The molecule has 0 fully saturated rings. The zero-order chi connectivity index (χ0) is 13.3. The average molecular weight is 290 g/mol. The van der Waals surface area contributed by atoms with E-state index in [1.807, 2.05) is 11.9 Å². The smallest absolute Gasteiger partial charge is 0.138 e. The van der Waals surface area contributed by atoms with Crippen LogP contribution in [0.1, 0.15) is 31.2 Å². The van der Waals surface area contributed by atoms with E-state index in [0.717, 1.165) is 21.1 Å². The quantitative estimate of drug-likeness (QED) is 0.457. The maximum atomic E-state index is 5.59. The Bertz CT molecular complexity index is 521. The number of quaternary nitrogens is 1. The lowest BCUT2D eigenvalue weighted by atomic mass is 9.96. The monoisotopic (exact) mass is 290 g/mol. The molecule has 0 spiro atoms. The molecule has 1 aromatic rings. The molecule has 0 N–H and O–H groups in total. The second-order valence-corrected chi connectivity index (χ2v) is 7.63. The van der Waals surface area contributed by atoms with Crippen LogP contribution in [0.3, 0.4) is 0 Å². The third kappa shape index (κ3) is 2.64. The van der Waals surface area contributed by atoms with Crippen LogP contribution in [0.2, 0.25) is 0 Å². The lowest BCUT2D eigenvalue weighted by molar-refractivity contribution is -0.730. The number of allylic oxidation sites excluding steroid dienone is 1. The van der Waals surface area contributed by atoms with Crippen LogP contribution >= 0.6 is 24.2 Å². The van der Waals surface area contributed by atoms with Crippen LogP contribution in [-0.2, 0) is 6.42 Å². The van der Waals surface area contributed by atoms with Gasteiger partial charge in [-0.05, 0) is 24.8 Å². The molecule has 0 saturated heterocycles. The van der Waals surface area contributed by atoms with Crippen molar-refractivity contribution in [1.82, 2.24) is 0 Å². The largest absolute Gasteiger partial charge is 0.230 e. The number of benzene rings is 1. The maximum Gasteiger partial charge on any atom is 0.138 e. The highest BCUT2D eigenvalue weighted by molar-refractivity contribution is 8.20. The molecule has 19 heavy (non-hydrogen) atoms. The molecule has 1 nitrogen and oxygen atoms in total. The number of hydrogen-bond acceptors (Lipinski definition) is 2. The molecule has 0 aromatic heterocycles. The molecule has 0 saturated carbocycles. The van der Waals surface area contributed by atoms with Gasteiger partial charge in [0.15, 0.2) is 0 Å². The first-order valence-electron chi connectivity index (χ1n) is 7.05. The van der Waals surface area contributed by atoms with E-state index in [-0.39, 0.29) is 0 Å². The number of hydrogen-bond donors (Lipinski definition) is 0. The van der Waals surface area contributed by atoms with Gasteiger partial charge in [-0.2, -0.15) is 0 Å². The van der Waals surface area contributed by atoms with E-state index >= 15 is 0 Å². The van der Waals surface area contributed by atoms with Crippen molar-refractivity contribution in [1.29, 1.82) is 0 Å². The van der Waals surface area contributed by atoms with Crippen LogP contribution < -0.4 is 0 Å². The Kier molecular flexibility index (Phi) is 3.79. The molecule has 2 aliphatic rings. The van der Waals surface area contributed by atoms with Gasteiger partial charge in [0, 0.05) is 18.4 Å². The third-order valence-corrected chi connectivity index (χ3v) is 5.90. The van der Waals surface area contributed by atoms with Gasteiger partial charge in [0.2, 0.25) is 0 Å². The van der Waals surface area contributed by atoms with Gasteiger partial charge < -0.3 is 0 Å². The predicted molar refractivity (Wildman–Crippen MR) is 86.9 cm³/mol. The Labute approximate surface area is 125 Å². The summed E-state index contributed by atoms with van der Waals surface area (Å²) in [4.78, 5) is 0. The van der Waals surface area contributed by atoms with Gasteiger partial charge >= 0.3 is 0 Å². The van der Waals surface area contributed by atoms with Crippen LogP contribution in [0.25, 0.3) is 0 Å². The maximum absolute atomic E-state index is 5.59. The van der Waals surface area contributed by atoms with Crippen LogP contribution in [0.4, 0.5) is 0 Å². The number of rotatable bonds is 3. The number of thiocarbonyl (C=S) groups is 1. The van der Waals surface area contributed by atoms with E-state index < -0.39 is 0 Å². The number of nitrogens with zero attached hydrogens (tertiary/aromatic N) is 1. The fraction of sp³-hybridized carbons (Fsp3) is 0.438. The predicted octanol–water partition coefficient (Wildman–Crippen LogP) is 4.49. The average Bonchev–Trinajstić information content (AvgIpc) is 2.71. The van der Waals surface area contributed by atoms with Gasteiger partial charge in [-0.1, -0.05) is 42.5 Å². The first-order chi connectivity index (χ1) is 9.19. The minimum Gasteiger partial charge on any atom is -0.230 e. The molecule has 0 unspecified atom stereocenters. The highest BCUT2D eigenvalue weighted by Crippen LogP contribution is 2.46. The molecule has 1 heterocycles. The topological polar surface area (TPSA) is 0 Å². The molecule has 0 radical (unpaired) electrons. The summed E-state index contributed by atoms with van der Waals surface area (Å²) in [5.74, 6) is 0. The van der Waals surface area contributed by atoms with E-state index in [0.29, 0.717) is 0 Å². The van der Waals surface area contributed by atoms with Crippen molar-refractivity contribution >= 4 is 28.4 Å². The lowest BCUT2D eigenvalue weighted by Gasteiger charge is -2.30. The molecule has 3 rings (SSSR count). The minimum absolute atomic E-state index is 0.989. The van der Waals surface area contributed by atoms with Crippen molar-refractivity contribution < 1.29 is 3.89 Å². The molecule has 1 aromatic carbocycles. The second-order valence-electron chi connectivity index (χ2n) is 5.57. The normalized spacial score (nSPS) is 26.7. The molecule has 0 bridgehead atoms. The molecule has 0 amide bonds. The van der Waals surface area contributed by atoms with Gasteiger partial charge in [-0.15, -0.1) is 0 Å². The van der Waals surface area contributed by atoms with Crippen LogP contribution in [-0.4, -0.2) is 21.7 Å². The summed E-state index contributed by atoms with van der Waals surface area (Å²) in [5, 5.41) is 0. The van der Waals surface area contributed by atoms with Gasteiger partial charge in [0.1, 0.15) is 21.8 Å². The molecular weight excluding hydrogens is 270 g/mol. The van der Waals surface area contributed by atoms with Crippen molar-refractivity contribution in [2.24, 2.45) is 0 Å². The highest BCUT2D eigenvalue weighted by atomic mass is 32.2. The Morgan fingerprint density at radius 2 is 1.89 bits per heavy atom. The van der Waals surface area contributed by atoms with Gasteiger partial charge in [0.25, 0.3) is 0 Å². The summed E-state index contributed by atoms with van der Waals surface area (Å²) in [6.45, 7) is 1.15. The van der Waals surface area contributed by atoms with Gasteiger partial charge in [-0.25, -0.2) is 3.89 Å². The Balaban J connectivity index is 1.77. The van der Waals surface area contributed by atoms with E-state index in [9.17, 15) is 0 Å². The van der Waals surface area contributed by atoms with E-state index in [4.69, 9.17) is 12.2 Å². The first-order valence-corrected chi connectivity index (χ1v) is 8.23. The number of likely N-dealkylation sites (N-methyl/N-ethyl adjacent to an activating group) is 1. The lowest BCUT2D eigenvalue weighted by Crippen LogP contribution is -2.36. The molecule has 1 aliphatic heterocycles. The summed E-state index contributed by atoms with van der Waals surface area (Å²) in [6, 6.07) is 10.8. The van der Waals surface area contributed by atoms with E-state index in [1.54, 1.807) is 5.70 Å². The van der Waals surface area contributed by atoms with E-state index in [2.05, 4.69) is 37.4 Å². The fourth-order valence-corrected chi connectivity index (χ4v) is 5.00. The van der Waals surface area contributed by atoms with Crippen molar-refractivity contribution in [2.45, 2.75) is 32.1 Å². The van der Waals surface area contributed by atoms with Gasteiger partial charge in [-0.3, -0.25) is 0 Å². The van der Waals surface area contributed by atoms with Gasteiger partial charge in [0.05, 0.1) is 13.6 Å². The highest BCUT2D eigenvalue weighted by Gasteiger charge is 2.42. The van der Waals surface area contributed by atoms with Crippen molar-refractivity contribution in [2.75, 3.05) is 13.6 Å². The zero-order valence-electron chi connectivity index (χ0n) is 11.4. The third-order valence-electron chi connectivity index (χ3n) is 4.21. The fourth-order valence-electron chi connectivity index (χ4n) is 3.09. The minimum atomic E-state index is 0.989. The Hall–Kier alpha value is -0.640. The summed E-state index contributed by atoms with van der Waals surface area (Å²) < 4.78 is 2.15. The summed E-state index contributed by atoms with van der Waals surface area (Å²) >= 11 is 7.47. The van der Waals surface area contributed by atoms with Crippen molar-refractivity contribution in [3.8, 4) is 0 Å². The first kappa shape index (κ1) is 13.3. The van der Waals surface area contributed by atoms with Crippen LogP contribution in [0, 0.1) is 0 Å². The van der Waals surface area contributed by atoms with Crippen LogP contribution in [0.5, 0.6) is 0 Å². The second kappa shape index (κ2) is 5.39. The Morgan fingerprint density at radius 3 is 2.68 bits per heavy atom. The standard InChI is InChI=1S/C16H20NS2/c1-17(12-11-13-7-3-2-4-8-13)15-10-6-5-9-14(15)16(18)19-17/h2-4,7-8H,5-6,9-12H2,1H3/q+1/t17-/m1/s1. The van der Waals surface area contributed by atoms with Crippen molar-refractivity contribution in [3.63, 3.8) is 0 Å². The summed E-state index contributed by atoms with van der Waals surface area (Å²) in [7, 11) is 2.34. The molecule has 1 aliphatic carbocycles. The van der Waals surface area contributed by atoms with Crippen LogP contribution in [0.15, 0.2) is 41.6 Å². The Morgan fingerprint density at radius 1 is 1.16 bits per heavy atom. The van der Waals surface area contributed by atoms with Crippen molar-refractivity contribution in [3.05, 3.63) is 47.2 Å². The molecule has 3 heteroatoms. The van der Waals surface area contributed by atoms with E-state index in [1.165, 1.54) is 36.8 Å².